The zero-order valence-corrected chi connectivity index (χ0v) is 11.9. The van der Waals surface area contributed by atoms with Gasteiger partial charge in [-0.15, -0.1) is 0 Å². The maximum absolute atomic E-state index is 4.45. The van der Waals surface area contributed by atoms with Crippen LogP contribution in [-0.2, 0) is 5.54 Å². The van der Waals surface area contributed by atoms with Crippen molar-refractivity contribution < 1.29 is 0 Å². The van der Waals surface area contributed by atoms with E-state index >= 15 is 0 Å². The average Bonchev–Trinajstić information content (AvgIpc) is 3.33. The van der Waals surface area contributed by atoms with Gasteiger partial charge in [0.05, 0.1) is 5.52 Å². The van der Waals surface area contributed by atoms with Crippen molar-refractivity contribution in [1.29, 1.82) is 0 Å². The lowest BCUT2D eigenvalue weighted by Gasteiger charge is -2.35. The van der Waals surface area contributed by atoms with E-state index in [2.05, 4.69) is 34.6 Å². The van der Waals surface area contributed by atoms with Crippen LogP contribution in [0.5, 0.6) is 0 Å². The van der Waals surface area contributed by atoms with Crippen molar-refractivity contribution in [2.75, 3.05) is 6.54 Å². The van der Waals surface area contributed by atoms with Gasteiger partial charge in [-0.3, -0.25) is 4.98 Å². The van der Waals surface area contributed by atoms with Gasteiger partial charge in [0.15, 0.2) is 0 Å². The first-order chi connectivity index (χ1) is 9.88. The molecule has 0 amide bonds. The first kappa shape index (κ1) is 12.3. The van der Waals surface area contributed by atoms with E-state index in [1.807, 2.05) is 12.3 Å². The standard InChI is InChI=1S/C18H22N2/c1-2-10-18(15-6-7-15,20-12-3-1)16-8-9-17-14(13-16)5-4-11-19-17/h4-5,8-9,11,13,15,20H,1-3,6-7,10,12H2. The van der Waals surface area contributed by atoms with Gasteiger partial charge in [0.2, 0.25) is 0 Å². The Kier molecular flexibility index (Phi) is 2.99. The fraction of sp³-hybridized carbons (Fsp3) is 0.500. The molecule has 1 aromatic heterocycles. The highest BCUT2D eigenvalue weighted by atomic mass is 15.0. The summed E-state index contributed by atoms with van der Waals surface area (Å²) in [5.74, 6) is 0.842. The lowest BCUT2D eigenvalue weighted by molar-refractivity contribution is 0.279. The molecule has 0 radical (unpaired) electrons. The summed E-state index contributed by atoms with van der Waals surface area (Å²) in [4.78, 5) is 4.45. The molecule has 2 nitrogen and oxygen atoms in total. The molecule has 1 atom stereocenters. The van der Waals surface area contributed by atoms with Crippen LogP contribution in [0.1, 0.15) is 44.1 Å². The summed E-state index contributed by atoms with van der Waals surface area (Å²) < 4.78 is 0. The fourth-order valence-electron chi connectivity index (χ4n) is 3.87. The quantitative estimate of drug-likeness (QED) is 0.888. The number of nitrogens with one attached hydrogen (secondary N) is 1. The van der Waals surface area contributed by atoms with Crippen LogP contribution < -0.4 is 5.32 Å². The van der Waals surface area contributed by atoms with Gasteiger partial charge < -0.3 is 5.32 Å². The third-order valence-electron chi connectivity index (χ3n) is 5.08. The molecule has 0 bridgehead atoms. The van der Waals surface area contributed by atoms with Crippen LogP contribution in [0.15, 0.2) is 36.5 Å². The Morgan fingerprint density at radius 2 is 2.05 bits per heavy atom. The van der Waals surface area contributed by atoms with E-state index in [-0.39, 0.29) is 5.54 Å². The maximum Gasteiger partial charge on any atom is 0.0702 e. The number of fused-ring (bicyclic) bond motifs is 1. The third kappa shape index (κ3) is 2.03. The molecule has 1 saturated carbocycles. The molecule has 2 aliphatic rings. The van der Waals surface area contributed by atoms with Gasteiger partial charge in [0.25, 0.3) is 0 Å². The van der Waals surface area contributed by atoms with Gasteiger partial charge in [0, 0.05) is 17.1 Å². The normalized spacial score (nSPS) is 27.4. The van der Waals surface area contributed by atoms with Crippen molar-refractivity contribution in [2.24, 2.45) is 5.92 Å². The highest BCUT2D eigenvalue weighted by Gasteiger charge is 2.46. The average molecular weight is 266 g/mol. The summed E-state index contributed by atoms with van der Waals surface area (Å²) in [6.07, 6.45) is 10.00. The summed E-state index contributed by atoms with van der Waals surface area (Å²) >= 11 is 0. The molecule has 1 aromatic carbocycles. The highest BCUT2D eigenvalue weighted by Crippen LogP contribution is 2.49. The van der Waals surface area contributed by atoms with Crippen LogP contribution in [0.3, 0.4) is 0 Å². The summed E-state index contributed by atoms with van der Waals surface area (Å²) in [6, 6.07) is 11.1. The summed E-state index contributed by atoms with van der Waals surface area (Å²) in [5.41, 5.74) is 2.83. The summed E-state index contributed by atoms with van der Waals surface area (Å²) in [6.45, 7) is 1.17. The van der Waals surface area contributed by atoms with E-state index < -0.39 is 0 Å². The van der Waals surface area contributed by atoms with Crippen molar-refractivity contribution in [3.05, 3.63) is 42.1 Å². The first-order valence-electron chi connectivity index (χ1n) is 7.99. The highest BCUT2D eigenvalue weighted by molar-refractivity contribution is 5.79. The minimum absolute atomic E-state index is 0.237. The molecule has 2 heterocycles. The molecule has 1 aliphatic carbocycles. The van der Waals surface area contributed by atoms with Crippen molar-refractivity contribution in [2.45, 2.75) is 44.1 Å². The van der Waals surface area contributed by atoms with Gasteiger partial charge in [0.1, 0.15) is 0 Å². The second-order valence-electron chi connectivity index (χ2n) is 6.39. The van der Waals surface area contributed by atoms with Crippen LogP contribution in [0, 0.1) is 5.92 Å². The zero-order valence-electron chi connectivity index (χ0n) is 11.9. The van der Waals surface area contributed by atoms with Gasteiger partial charge in [-0.2, -0.15) is 0 Å². The van der Waals surface area contributed by atoms with E-state index in [9.17, 15) is 0 Å². The topological polar surface area (TPSA) is 24.9 Å². The molecule has 2 aromatic rings. The van der Waals surface area contributed by atoms with Gasteiger partial charge in [-0.25, -0.2) is 0 Å². The number of aromatic nitrogens is 1. The Bertz CT molecular complexity index is 608. The number of rotatable bonds is 2. The van der Waals surface area contributed by atoms with Gasteiger partial charge >= 0.3 is 0 Å². The number of hydrogen-bond acceptors (Lipinski definition) is 2. The number of hydrogen-bond donors (Lipinski definition) is 1. The van der Waals surface area contributed by atoms with Crippen molar-refractivity contribution in [1.82, 2.24) is 10.3 Å². The zero-order chi connectivity index (χ0) is 13.4. The molecule has 4 rings (SSSR count). The fourth-order valence-corrected chi connectivity index (χ4v) is 3.87. The van der Waals surface area contributed by atoms with Crippen LogP contribution in [0.25, 0.3) is 10.9 Å². The number of benzene rings is 1. The molecule has 20 heavy (non-hydrogen) atoms. The minimum atomic E-state index is 0.237. The minimum Gasteiger partial charge on any atom is -0.307 e. The Labute approximate surface area is 120 Å². The van der Waals surface area contributed by atoms with Crippen LogP contribution in [0.2, 0.25) is 0 Å². The second-order valence-corrected chi connectivity index (χ2v) is 6.39. The van der Waals surface area contributed by atoms with E-state index in [1.54, 1.807) is 0 Å². The monoisotopic (exact) mass is 266 g/mol. The number of nitrogens with zero attached hydrogens (tertiary/aromatic N) is 1. The third-order valence-corrected chi connectivity index (χ3v) is 5.08. The van der Waals surface area contributed by atoms with Gasteiger partial charge in [-0.1, -0.05) is 25.0 Å². The first-order valence-corrected chi connectivity index (χ1v) is 7.99. The Hall–Kier alpha value is -1.41. The van der Waals surface area contributed by atoms with E-state index in [0.29, 0.717) is 0 Å². The molecule has 2 heteroatoms. The largest absolute Gasteiger partial charge is 0.307 e. The Balaban J connectivity index is 1.80. The summed E-state index contributed by atoms with van der Waals surface area (Å²) in [5, 5.41) is 5.19. The van der Waals surface area contributed by atoms with Crippen LogP contribution in [-0.4, -0.2) is 11.5 Å². The smallest absolute Gasteiger partial charge is 0.0702 e. The van der Waals surface area contributed by atoms with E-state index in [1.165, 1.54) is 56.0 Å². The van der Waals surface area contributed by atoms with Gasteiger partial charge in [-0.05, 0) is 61.9 Å². The van der Waals surface area contributed by atoms with Crippen LogP contribution in [0.4, 0.5) is 0 Å². The van der Waals surface area contributed by atoms with E-state index in [4.69, 9.17) is 0 Å². The Morgan fingerprint density at radius 1 is 1.10 bits per heavy atom. The molecule has 1 aliphatic heterocycles. The molecule has 0 spiro atoms. The number of pyridine rings is 1. The van der Waals surface area contributed by atoms with Crippen molar-refractivity contribution >= 4 is 10.9 Å². The van der Waals surface area contributed by atoms with Crippen molar-refractivity contribution in [3.63, 3.8) is 0 Å². The molecule has 1 saturated heterocycles. The molecular formula is C18H22N2. The molecule has 1 unspecified atom stereocenters. The molecule has 2 fully saturated rings. The maximum atomic E-state index is 4.45. The second kappa shape index (κ2) is 4.85. The molecule has 104 valence electrons. The lowest BCUT2D eigenvalue weighted by atomic mass is 9.80. The van der Waals surface area contributed by atoms with Crippen LogP contribution >= 0.6 is 0 Å². The predicted molar refractivity (Wildman–Crippen MR) is 82.6 cm³/mol. The molecule has 1 N–H and O–H groups in total. The van der Waals surface area contributed by atoms with Crippen molar-refractivity contribution in [3.8, 4) is 0 Å². The summed E-state index contributed by atoms with van der Waals surface area (Å²) in [7, 11) is 0. The lowest BCUT2D eigenvalue weighted by Crippen LogP contribution is -2.43. The Morgan fingerprint density at radius 3 is 2.95 bits per heavy atom. The molecular weight excluding hydrogens is 244 g/mol. The predicted octanol–water partition coefficient (Wildman–Crippen LogP) is 4.00. The SMILES string of the molecule is c1cnc2ccc(C3(C4CC4)CCCCCN3)cc2c1. The van der Waals surface area contributed by atoms with E-state index in [0.717, 1.165) is 11.4 Å².